The summed E-state index contributed by atoms with van der Waals surface area (Å²) < 4.78 is 2.71. The van der Waals surface area contributed by atoms with E-state index in [4.69, 9.17) is 0 Å². The van der Waals surface area contributed by atoms with Gasteiger partial charge in [0.2, 0.25) is 0 Å². The molecule has 0 aliphatic carbocycles. The molecule has 0 bridgehead atoms. The lowest BCUT2D eigenvalue weighted by Crippen LogP contribution is -2.17. The van der Waals surface area contributed by atoms with Crippen LogP contribution in [0.1, 0.15) is 27.3 Å². The molecule has 0 fully saturated rings. The van der Waals surface area contributed by atoms with Gasteiger partial charge < -0.3 is 5.32 Å². The molecule has 2 heterocycles. The Morgan fingerprint density at radius 1 is 1.14 bits per heavy atom. The van der Waals surface area contributed by atoms with Gasteiger partial charge in [0.05, 0.1) is 5.69 Å². The topological polar surface area (TPSA) is 46.4 Å². The highest BCUT2D eigenvalue weighted by molar-refractivity contribution is 9.10. The molecule has 0 atom stereocenters. The summed E-state index contributed by atoms with van der Waals surface area (Å²) in [5.41, 5.74) is 4.96. The third-order valence-electron chi connectivity index (χ3n) is 3.69. The Morgan fingerprint density at radius 3 is 2.50 bits per heavy atom. The fraction of sp³-hybridized carbons (Fsp3) is 0.176. The molecule has 2 aromatic heterocycles. The Bertz CT molecular complexity index is 863. The van der Waals surface area contributed by atoms with Crippen LogP contribution in [0.2, 0.25) is 0 Å². The lowest BCUT2D eigenvalue weighted by molar-refractivity contribution is 0.102. The molecule has 0 unspecified atom stereocenters. The molecular formula is C17H16BrN3O. The summed E-state index contributed by atoms with van der Waals surface area (Å²) in [6.07, 6.45) is 1.86. The molecule has 3 aromatic rings. The minimum Gasteiger partial charge on any atom is -0.320 e. The van der Waals surface area contributed by atoms with Gasteiger partial charge in [-0.05, 0) is 60.0 Å². The first kappa shape index (κ1) is 14.8. The Kier molecular flexibility index (Phi) is 3.74. The Hall–Kier alpha value is -2.14. The summed E-state index contributed by atoms with van der Waals surface area (Å²) in [5.74, 6) is -0.152. The third-order valence-corrected chi connectivity index (χ3v) is 4.16. The number of anilines is 1. The summed E-state index contributed by atoms with van der Waals surface area (Å²) >= 11 is 3.43. The molecule has 0 saturated carbocycles. The van der Waals surface area contributed by atoms with Gasteiger partial charge in [0.1, 0.15) is 11.3 Å². The first-order valence-corrected chi connectivity index (χ1v) is 7.78. The standard InChI is InChI=1S/C17H16BrN3O/c1-10-5-4-6-11(2)15(10)20-17(22)16-12(3)19-14-8-7-13(18)9-21(14)16/h4-9H,1-3H3,(H,20,22). The van der Waals surface area contributed by atoms with Crippen LogP contribution in [-0.4, -0.2) is 15.3 Å². The number of hydrogen-bond acceptors (Lipinski definition) is 2. The molecular weight excluding hydrogens is 342 g/mol. The van der Waals surface area contributed by atoms with E-state index in [1.165, 1.54) is 0 Å². The highest BCUT2D eigenvalue weighted by atomic mass is 79.9. The number of nitrogens with one attached hydrogen (secondary N) is 1. The van der Waals surface area contributed by atoms with Crippen molar-refractivity contribution in [3.8, 4) is 0 Å². The summed E-state index contributed by atoms with van der Waals surface area (Å²) in [7, 11) is 0. The van der Waals surface area contributed by atoms with Crippen LogP contribution in [0.15, 0.2) is 41.0 Å². The quantitative estimate of drug-likeness (QED) is 0.744. The average Bonchev–Trinajstić information content (AvgIpc) is 2.78. The molecule has 3 rings (SSSR count). The number of hydrogen-bond donors (Lipinski definition) is 1. The molecule has 112 valence electrons. The number of nitrogens with zero attached hydrogens (tertiary/aromatic N) is 2. The van der Waals surface area contributed by atoms with E-state index in [-0.39, 0.29) is 5.91 Å². The molecule has 0 aliphatic heterocycles. The normalized spacial score (nSPS) is 10.9. The largest absolute Gasteiger partial charge is 0.320 e. The van der Waals surface area contributed by atoms with Crippen molar-refractivity contribution in [2.24, 2.45) is 0 Å². The molecule has 4 nitrogen and oxygen atoms in total. The van der Waals surface area contributed by atoms with Crippen molar-refractivity contribution in [1.29, 1.82) is 0 Å². The number of benzene rings is 1. The van der Waals surface area contributed by atoms with E-state index in [1.54, 1.807) is 0 Å². The number of aryl methyl sites for hydroxylation is 3. The first-order valence-electron chi connectivity index (χ1n) is 6.99. The maximum absolute atomic E-state index is 12.7. The zero-order valence-corrected chi connectivity index (χ0v) is 14.2. The number of rotatable bonds is 2. The maximum atomic E-state index is 12.7. The van der Waals surface area contributed by atoms with Crippen LogP contribution in [0, 0.1) is 20.8 Å². The smallest absolute Gasteiger partial charge is 0.274 e. The highest BCUT2D eigenvalue weighted by Crippen LogP contribution is 2.22. The predicted octanol–water partition coefficient (Wildman–Crippen LogP) is 4.27. The van der Waals surface area contributed by atoms with Crippen LogP contribution in [0.4, 0.5) is 5.69 Å². The highest BCUT2D eigenvalue weighted by Gasteiger charge is 2.18. The zero-order valence-electron chi connectivity index (χ0n) is 12.6. The van der Waals surface area contributed by atoms with Crippen LogP contribution < -0.4 is 5.32 Å². The van der Waals surface area contributed by atoms with E-state index in [0.29, 0.717) is 11.4 Å². The van der Waals surface area contributed by atoms with Gasteiger partial charge in [-0.3, -0.25) is 9.20 Å². The van der Waals surface area contributed by atoms with Crippen LogP contribution in [0.5, 0.6) is 0 Å². The number of aromatic nitrogens is 2. The van der Waals surface area contributed by atoms with Crippen molar-refractivity contribution in [2.45, 2.75) is 20.8 Å². The van der Waals surface area contributed by atoms with E-state index in [0.717, 1.165) is 26.9 Å². The van der Waals surface area contributed by atoms with E-state index in [9.17, 15) is 4.79 Å². The number of pyridine rings is 1. The van der Waals surface area contributed by atoms with Crippen molar-refractivity contribution < 1.29 is 4.79 Å². The third kappa shape index (κ3) is 2.52. The van der Waals surface area contributed by atoms with Gasteiger partial charge in [0.15, 0.2) is 0 Å². The lowest BCUT2D eigenvalue weighted by Gasteiger charge is -2.11. The Balaban J connectivity index is 2.06. The maximum Gasteiger partial charge on any atom is 0.274 e. The predicted molar refractivity (Wildman–Crippen MR) is 91.5 cm³/mol. The van der Waals surface area contributed by atoms with E-state index < -0.39 is 0 Å². The number of halogens is 1. The fourth-order valence-corrected chi connectivity index (χ4v) is 2.93. The Morgan fingerprint density at radius 2 is 1.82 bits per heavy atom. The molecule has 1 amide bonds. The van der Waals surface area contributed by atoms with Crippen molar-refractivity contribution in [3.05, 3.63) is 63.5 Å². The van der Waals surface area contributed by atoms with Gasteiger partial charge in [-0.15, -0.1) is 0 Å². The summed E-state index contributed by atoms with van der Waals surface area (Å²) in [4.78, 5) is 17.2. The van der Waals surface area contributed by atoms with Crippen molar-refractivity contribution in [3.63, 3.8) is 0 Å². The van der Waals surface area contributed by atoms with Gasteiger partial charge in [0, 0.05) is 16.4 Å². The van der Waals surface area contributed by atoms with E-state index >= 15 is 0 Å². The fourth-order valence-electron chi connectivity index (χ4n) is 2.59. The van der Waals surface area contributed by atoms with E-state index in [2.05, 4.69) is 26.2 Å². The minimum absolute atomic E-state index is 0.152. The van der Waals surface area contributed by atoms with Gasteiger partial charge in [-0.2, -0.15) is 0 Å². The molecule has 0 radical (unpaired) electrons. The summed E-state index contributed by atoms with van der Waals surface area (Å²) in [6, 6.07) is 9.75. The molecule has 0 aliphatic rings. The Labute approximate surface area is 137 Å². The van der Waals surface area contributed by atoms with Crippen molar-refractivity contribution >= 4 is 33.2 Å². The lowest BCUT2D eigenvalue weighted by atomic mass is 10.1. The first-order chi connectivity index (χ1) is 10.5. The summed E-state index contributed by atoms with van der Waals surface area (Å²) in [5, 5.41) is 3.02. The number of amides is 1. The van der Waals surface area contributed by atoms with Gasteiger partial charge in [0.25, 0.3) is 5.91 Å². The zero-order chi connectivity index (χ0) is 15.9. The summed E-state index contributed by atoms with van der Waals surface area (Å²) in [6.45, 7) is 5.82. The van der Waals surface area contributed by atoms with Crippen molar-refractivity contribution in [2.75, 3.05) is 5.32 Å². The number of para-hydroxylation sites is 1. The molecule has 1 N–H and O–H groups in total. The molecule has 1 aromatic carbocycles. The van der Waals surface area contributed by atoms with Crippen LogP contribution in [-0.2, 0) is 0 Å². The van der Waals surface area contributed by atoms with Gasteiger partial charge in [-0.25, -0.2) is 4.98 Å². The number of fused-ring (bicyclic) bond motifs is 1. The monoisotopic (exact) mass is 357 g/mol. The number of carbonyl (C=O) groups excluding carboxylic acids is 1. The number of carbonyl (C=O) groups is 1. The molecule has 22 heavy (non-hydrogen) atoms. The van der Waals surface area contributed by atoms with Gasteiger partial charge >= 0.3 is 0 Å². The van der Waals surface area contributed by atoms with Crippen LogP contribution in [0.25, 0.3) is 5.65 Å². The second-order valence-corrected chi connectivity index (χ2v) is 6.26. The minimum atomic E-state index is -0.152. The molecule has 5 heteroatoms. The average molecular weight is 358 g/mol. The molecule has 0 spiro atoms. The van der Waals surface area contributed by atoms with Crippen LogP contribution in [0.3, 0.4) is 0 Å². The second-order valence-electron chi connectivity index (χ2n) is 5.34. The van der Waals surface area contributed by atoms with Crippen LogP contribution >= 0.6 is 15.9 Å². The SMILES string of the molecule is Cc1cccc(C)c1NC(=O)c1c(C)nc2ccc(Br)cn12. The number of imidazole rings is 1. The molecule has 0 saturated heterocycles. The van der Waals surface area contributed by atoms with Crippen molar-refractivity contribution in [1.82, 2.24) is 9.38 Å². The van der Waals surface area contributed by atoms with Gasteiger partial charge in [-0.1, -0.05) is 18.2 Å². The second kappa shape index (κ2) is 5.57. The van der Waals surface area contributed by atoms with E-state index in [1.807, 2.05) is 61.7 Å².